The summed E-state index contributed by atoms with van der Waals surface area (Å²) in [5, 5.41) is 0. The summed E-state index contributed by atoms with van der Waals surface area (Å²) in [5.74, 6) is 1.48. The molecule has 0 spiro atoms. The highest BCUT2D eigenvalue weighted by Gasteiger charge is 2.21. The van der Waals surface area contributed by atoms with Gasteiger partial charge in [-0.25, -0.2) is 4.98 Å². The average Bonchev–Trinajstić information content (AvgIpc) is 3.08. The van der Waals surface area contributed by atoms with Crippen molar-refractivity contribution in [3.63, 3.8) is 0 Å². The lowest BCUT2D eigenvalue weighted by atomic mass is 10.1. The summed E-state index contributed by atoms with van der Waals surface area (Å²) in [7, 11) is 0. The number of nitrogens with zero attached hydrogens (tertiary/aromatic N) is 1. The average molecular weight is 341 g/mol. The molecule has 1 aromatic carbocycles. The smallest absolute Gasteiger partial charge is 0.283 e. The molecule has 1 aromatic heterocycles. The van der Waals surface area contributed by atoms with E-state index in [-0.39, 0.29) is 12.2 Å². The predicted molar refractivity (Wildman–Crippen MR) is 95.3 cm³/mol. The van der Waals surface area contributed by atoms with E-state index in [0.717, 1.165) is 22.8 Å². The standard InChI is InChI=1S/C20H23NO4/c1-13(2)24-17-9-6-10-18(25-14(3)4)19(17)15-7-5-8-16(21-15)20-22-11-12-23-20/h5-14,20H,1-4H3. The predicted octanol–water partition coefficient (Wildman–Crippen LogP) is 4.84. The second-order valence-electron chi connectivity index (χ2n) is 6.29. The largest absolute Gasteiger partial charge is 0.490 e. The maximum atomic E-state index is 5.99. The van der Waals surface area contributed by atoms with Gasteiger partial charge in [-0.15, -0.1) is 0 Å². The SMILES string of the molecule is CC(C)Oc1cccc(OC(C)C)c1-c1cccc(C2OC=CO2)n1. The van der Waals surface area contributed by atoms with Crippen molar-refractivity contribution in [3.05, 3.63) is 54.6 Å². The number of aromatic nitrogens is 1. The summed E-state index contributed by atoms with van der Waals surface area (Å²) in [4.78, 5) is 4.71. The molecule has 0 unspecified atom stereocenters. The lowest BCUT2D eigenvalue weighted by Crippen LogP contribution is -2.10. The first kappa shape index (κ1) is 17.1. The molecule has 0 bridgehead atoms. The van der Waals surface area contributed by atoms with E-state index in [1.807, 2.05) is 64.1 Å². The Morgan fingerprint density at radius 3 is 1.96 bits per heavy atom. The molecule has 0 saturated carbocycles. The number of ether oxygens (including phenoxy) is 4. The Bertz CT molecular complexity index is 719. The quantitative estimate of drug-likeness (QED) is 0.752. The molecule has 3 rings (SSSR count). The minimum absolute atomic E-state index is 0.0435. The number of hydrogen-bond donors (Lipinski definition) is 0. The highest BCUT2D eigenvalue weighted by Crippen LogP contribution is 2.39. The van der Waals surface area contributed by atoms with Crippen molar-refractivity contribution < 1.29 is 18.9 Å². The molecule has 0 aliphatic carbocycles. The third kappa shape index (κ3) is 4.05. The van der Waals surface area contributed by atoms with E-state index < -0.39 is 6.29 Å². The molecule has 2 aromatic rings. The summed E-state index contributed by atoms with van der Waals surface area (Å²) in [6.45, 7) is 7.98. The van der Waals surface area contributed by atoms with Crippen LogP contribution >= 0.6 is 0 Å². The minimum Gasteiger partial charge on any atom is -0.490 e. The van der Waals surface area contributed by atoms with Crippen molar-refractivity contribution >= 4 is 0 Å². The molecule has 1 aliphatic heterocycles. The maximum absolute atomic E-state index is 5.99. The zero-order valence-electron chi connectivity index (χ0n) is 14.9. The molecular formula is C20H23NO4. The fourth-order valence-electron chi connectivity index (χ4n) is 2.57. The Morgan fingerprint density at radius 1 is 0.840 bits per heavy atom. The summed E-state index contributed by atoms with van der Waals surface area (Å²) >= 11 is 0. The van der Waals surface area contributed by atoms with Crippen molar-refractivity contribution in [3.8, 4) is 22.8 Å². The second kappa shape index (κ2) is 7.47. The monoisotopic (exact) mass is 341 g/mol. The molecule has 5 heteroatoms. The van der Waals surface area contributed by atoms with E-state index >= 15 is 0 Å². The Kier molecular flexibility index (Phi) is 5.12. The van der Waals surface area contributed by atoms with Crippen LogP contribution in [0.15, 0.2) is 48.9 Å². The van der Waals surface area contributed by atoms with Gasteiger partial charge in [0, 0.05) is 0 Å². The van der Waals surface area contributed by atoms with Gasteiger partial charge in [0.25, 0.3) is 6.29 Å². The van der Waals surface area contributed by atoms with Crippen LogP contribution in [0.3, 0.4) is 0 Å². The zero-order chi connectivity index (χ0) is 17.8. The van der Waals surface area contributed by atoms with Gasteiger partial charge in [0.15, 0.2) is 0 Å². The van der Waals surface area contributed by atoms with Gasteiger partial charge in [0.1, 0.15) is 29.7 Å². The van der Waals surface area contributed by atoms with Crippen molar-refractivity contribution in [1.82, 2.24) is 4.98 Å². The molecule has 0 radical (unpaired) electrons. The fourth-order valence-corrected chi connectivity index (χ4v) is 2.57. The fraction of sp³-hybridized carbons (Fsp3) is 0.350. The Hall–Kier alpha value is -2.69. The first-order valence-corrected chi connectivity index (χ1v) is 8.44. The number of benzene rings is 1. The number of hydrogen-bond acceptors (Lipinski definition) is 5. The third-order valence-corrected chi connectivity index (χ3v) is 3.44. The van der Waals surface area contributed by atoms with Crippen LogP contribution in [0.25, 0.3) is 11.3 Å². The first-order chi connectivity index (χ1) is 12.0. The number of rotatable bonds is 6. The van der Waals surface area contributed by atoms with Crippen LogP contribution < -0.4 is 9.47 Å². The molecule has 132 valence electrons. The topological polar surface area (TPSA) is 49.8 Å². The number of pyridine rings is 1. The molecule has 0 fully saturated rings. The van der Waals surface area contributed by atoms with Crippen LogP contribution in [0.5, 0.6) is 11.5 Å². The molecule has 0 atom stereocenters. The van der Waals surface area contributed by atoms with E-state index in [4.69, 9.17) is 23.9 Å². The normalized spacial score (nSPS) is 13.8. The molecular weight excluding hydrogens is 318 g/mol. The molecule has 1 aliphatic rings. The highest BCUT2D eigenvalue weighted by atomic mass is 16.7. The molecule has 25 heavy (non-hydrogen) atoms. The van der Waals surface area contributed by atoms with E-state index in [9.17, 15) is 0 Å². The first-order valence-electron chi connectivity index (χ1n) is 8.44. The van der Waals surface area contributed by atoms with Crippen LogP contribution in [-0.4, -0.2) is 17.2 Å². The van der Waals surface area contributed by atoms with Gasteiger partial charge in [0.05, 0.1) is 23.5 Å². The molecule has 0 saturated heterocycles. The highest BCUT2D eigenvalue weighted by molar-refractivity contribution is 5.74. The van der Waals surface area contributed by atoms with Gasteiger partial charge in [-0.05, 0) is 52.0 Å². The third-order valence-electron chi connectivity index (χ3n) is 3.44. The molecule has 0 N–H and O–H groups in total. The van der Waals surface area contributed by atoms with Crippen molar-refractivity contribution in [2.75, 3.05) is 0 Å². The van der Waals surface area contributed by atoms with Crippen LogP contribution in [0, 0.1) is 0 Å². The van der Waals surface area contributed by atoms with E-state index in [1.165, 1.54) is 12.5 Å². The molecule has 2 heterocycles. The van der Waals surface area contributed by atoms with Gasteiger partial charge >= 0.3 is 0 Å². The summed E-state index contributed by atoms with van der Waals surface area (Å²) in [6.07, 6.45) is 2.60. The van der Waals surface area contributed by atoms with Crippen molar-refractivity contribution in [2.45, 2.75) is 46.2 Å². The van der Waals surface area contributed by atoms with E-state index in [2.05, 4.69) is 0 Å². The van der Waals surface area contributed by atoms with Crippen LogP contribution in [0.2, 0.25) is 0 Å². The maximum Gasteiger partial charge on any atom is 0.283 e. The van der Waals surface area contributed by atoms with Crippen LogP contribution in [0.4, 0.5) is 0 Å². The van der Waals surface area contributed by atoms with Crippen molar-refractivity contribution in [2.24, 2.45) is 0 Å². The van der Waals surface area contributed by atoms with Crippen molar-refractivity contribution in [1.29, 1.82) is 0 Å². The van der Waals surface area contributed by atoms with Gasteiger partial charge < -0.3 is 18.9 Å². The van der Waals surface area contributed by atoms with Gasteiger partial charge in [-0.1, -0.05) is 12.1 Å². The van der Waals surface area contributed by atoms with Gasteiger partial charge in [-0.3, -0.25) is 0 Å². The minimum atomic E-state index is -0.521. The van der Waals surface area contributed by atoms with E-state index in [0.29, 0.717) is 5.69 Å². The lowest BCUT2D eigenvalue weighted by Gasteiger charge is -2.20. The Balaban J connectivity index is 2.05. The summed E-state index contributed by atoms with van der Waals surface area (Å²) in [5.41, 5.74) is 2.28. The summed E-state index contributed by atoms with van der Waals surface area (Å²) in [6, 6.07) is 11.5. The van der Waals surface area contributed by atoms with Gasteiger partial charge in [-0.2, -0.15) is 0 Å². The van der Waals surface area contributed by atoms with E-state index in [1.54, 1.807) is 0 Å². The Labute approximate surface area is 148 Å². The van der Waals surface area contributed by atoms with Gasteiger partial charge in [0.2, 0.25) is 0 Å². The zero-order valence-corrected chi connectivity index (χ0v) is 14.9. The van der Waals surface area contributed by atoms with Crippen LogP contribution in [-0.2, 0) is 9.47 Å². The lowest BCUT2D eigenvalue weighted by molar-refractivity contribution is -0.0278. The summed E-state index contributed by atoms with van der Waals surface area (Å²) < 4.78 is 22.8. The second-order valence-corrected chi connectivity index (χ2v) is 6.29. The van der Waals surface area contributed by atoms with Crippen LogP contribution in [0.1, 0.15) is 39.7 Å². The molecule has 0 amide bonds. The Morgan fingerprint density at radius 2 is 1.40 bits per heavy atom. The molecule has 5 nitrogen and oxygen atoms in total.